The molecule has 2 N–H and O–H groups in total. The molecule has 0 saturated heterocycles. The number of carbonyl (C=O) groups is 1. The van der Waals surface area contributed by atoms with Crippen LogP contribution in [0.25, 0.3) is 0 Å². The van der Waals surface area contributed by atoms with Gasteiger partial charge in [-0.15, -0.1) is 0 Å². The molecule has 0 fully saturated rings. The largest absolute Gasteiger partial charge is 0.492 e. The van der Waals surface area contributed by atoms with E-state index in [0.29, 0.717) is 19.1 Å². The third-order valence-corrected chi connectivity index (χ3v) is 3.84. The number of ether oxygens (including phenoxy) is 1. The van der Waals surface area contributed by atoms with E-state index in [1.807, 2.05) is 44.2 Å². The predicted octanol–water partition coefficient (Wildman–Crippen LogP) is 4.63. The average molecular weight is 326 g/mol. The maximum absolute atomic E-state index is 11.9. The van der Waals surface area contributed by atoms with Crippen molar-refractivity contribution in [2.75, 3.05) is 18.5 Å². The normalized spacial score (nSPS) is 10.5. The number of nitrogens with one attached hydrogen (secondary N) is 2. The van der Waals surface area contributed by atoms with Gasteiger partial charge in [-0.05, 0) is 54.7 Å². The fourth-order valence-corrected chi connectivity index (χ4v) is 2.32. The molecule has 0 aliphatic heterocycles. The van der Waals surface area contributed by atoms with Crippen LogP contribution in [0.3, 0.4) is 0 Å². The second-order valence-corrected chi connectivity index (χ2v) is 6.27. The summed E-state index contributed by atoms with van der Waals surface area (Å²) in [6.07, 6.45) is 0. The van der Waals surface area contributed by atoms with Crippen molar-refractivity contribution in [3.8, 4) is 5.75 Å². The number of amides is 2. The predicted molar refractivity (Wildman–Crippen MR) is 99.0 cm³/mol. The van der Waals surface area contributed by atoms with Crippen LogP contribution in [0.5, 0.6) is 5.75 Å². The summed E-state index contributed by atoms with van der Waals surface area (Å²) in [7, 11) is 0. The van der Waals surface area contributed by atoms with Crippen LogP contribution in [0.15, 0.2) is 42.5 Å². The van der Waals surface area contributed by atoms with Gasteiger partial charge in [-0.25, -0.2) is 4.79 Å². The van der Waals surface area contributed by atoms with Crippen LogP contribution >= 0.6 is 0 Å². The molecule has 0 saturated carbocycles. The lowest BCUT2D eigenvalue weighted by Gasteiger charge is -2.12. The zero-order valence-electron chi connectivity index (χ0n) is 14.8. The van der Waals surface area contributed by atoms with Gasteiger partial charge in [0.25, 0.3) is 0 Å². The fourth-order valence-electron chi connectivity index (χ4n) is 2.32. The molecule has 0 atom stereocenters. The van der Waals surface area contributed by atoms with Crippen molar-refractivity contribution in [2.24, 2.45) is 0 Å². The monoisotopic (exact) mass is 326 g/mol. The zero-order chi connectivity index (χ0) is 17.5. The second-order valence-electron chi connectivity index (χ2n) is 6.27. The summed E-state index contributed by atoms with van der Waals surface area (Å²) in [4.78, 5) is 11.9. The highest BCUT2D eigenvalue weighted by molar-refractivity contribution is 5.90. The van der Waals surface area contributed by atoms with Crippen LogP contribution in [-0.2, 0) is 0 Å². The van der Waals surface area contributed by atoms with Crippen LogP contribution < -0.4 is 15.4 Å². The van der Waals surface area contributed by atoms with Crippen LogP contribution in [0, 0.1) is 13.8 Å². The minimum absolute atomic E-state index is 0.220. The Kier molecular flexibility index (Phi) is 6.24. The van der Waals surface area contributed by atoms with E-state index in [2.05, 4.69) is 36.6 Å². The van der Waals surface area contributed by atoms with Gasteiger partial charge in [0.2, 0.25) is 0 Å². The lowest BCUT2D eigenvalue weighted by Crippen LogP contribution is -2.32. The fraction of sp³-hybridized carbons (Fsp3) is 0.350. The summed E-state index contributed by atoms with van der Waals surface area (Å²) in [6.45, 7) is 9.17. The Labute approximate surface area is 144 Å². The topological polar surface area (TPSA) is 50.4 Å². The van der Waals surface area contributed by atoms with Gasteiger partial charge in [-0.2, -0.15) is 0 Å². The van der Waals surface area contributed by atoms with Crippen molar-refractivity contribution in [3.05, 3.63) is 59.2 Å². The van der Waals surface area contributed by atoms with Gasteiger partial charge in [-0.3, -0.25) is 0 Å². The highest BCUT2D eigenvalue weighted by Gasteiger charge is 2.04. The maximum Gasteiger partial charge on any atom is 0.319 e. The molecule has 0 unspecified atom stereocenters. The quantitative estimate of drug-likeness (QED) is 0.761. The molecular weight excluding hydrogens is 300 g/mol. The van der Waals surface area contributed by atoms with E-state index in [1.165, 1.54) is 5.56 Å². The van der Waals surface area contributed by atoms with Gasteiger partial charge in [-0.1, -0.05) is 38.1 Å². The summed E-state index contributed by atoms with van der Waals surface area (Å²) in [5.41, 5.74) is 4.27. The first-order chi connectivity index (χ1) is 11.5. The van der Waals surface area contributed by atoms with Crippen molar-refractivity contribution in [2.45, 2.75) is 33.6 Å². The van der Waals surface area contributed by atoms with Gasteiger partial charge >= 0.3 is 6.03 Å². The van der Waals surface area contributed by atoms with E-state index in [1.54, 1.807) is 0 Å². The summed E-state index contributed by atoms with van der Waals surface area (Å²) >= 11 is 0. The minimum Gasteiger partial charge on any atom is -0.492 e. The van der Waals surface area contributed by atoms with Crippen molar-refractivity contribution in [1.82, 2.24) is 5.32 Å². The molecule has 4 nitrogen and oxygen atoms in total. The molecule has 2 aromatic rings. The van der Waals surface area contributed by atoms with Gasteiger partial charge < -0.3 is 15.4 Å². The van der Waals surface area contributed by atoms with Gasteiger partial charge in [0.05, 0.1) is 6.54 Å². The molecule has 2 amide bonds. The molecular formula is C20H26N2O2. The number of carbonyl (C=O) groups excluding carboxylic acids is 1. The molecule has 0 aliphatic carbocycles. The van der Waals surface area contributed by atoms with Gasteiger partial charge in [0.1, 0.15) is 12.4 Å². The first-order valence-corrected chi connectivity index (χ1v) is 8.30. The Morgan fingerprint density at radius 1 is 1.08 bits per heavy atom. The first kappa shape index (κ1) is 17.9. The number of anilines is 1. The van der Waals surface area contributed by atoms with E-state index in [0.717, 1.165) is 22.6 Å². The molecule has 0 aliphatic rings. The molecule has 2 rings (SSSR count). The van der Waals surface area contributed by atoms with Crippen molar-refractivity contribution < 1.29 is 9.53 Å². The molecule has 2 aromatic carbocycles. The Bertz CT molecular complexity index is 679. The summed E-state index contributed by atoms with van der Waals surface area (Å²) < 4.78 is 5.64. The molecule has 0 aromatic heterocycles. The lowest BCUT2D eigenvalue weighted by atomic mass is 10.0. The number of rotatable bonds is 6. The number of benzene rings is 2. The first-order valence-electron chi connectivity index (χ1n) is 8.30. The lowest BCUT2D eigenvalue weighted by molar-refractivity contribution is 0.247. The van der Waals surface area contributed by atoms with E-state index in [-0.39, 0.29) is 6.03 Å². The molecule has 0 spiro atoms. The van der Waals surface area contributed by atoms with Crippen LogP contribution in [0.4, 0.5) is 10.5 Å². The zero-order valence-corrected chi connectivity index (χ0v) is 14.8. The molecule has 4 heteroatoms. The van der Waals surface area contributed by atoms with Crippen LogP contribution in [0.1, 0.15) is 36.5 Å². The Balaban J connectivity index is 1.73. The molecule has 128 valence electrons. The van der Waals surface area contributed by atoms with E-state index >= 15 is 0 Å². The Morgan fingerprint density at radius 2 is 1.79 bits per heavy atom. The Hall–Kier alpha value is -2.49. The third-order valence-electron chi connectivity index (χ3n) is 3.84. The van der Waals surface area contributed by atoms with Crippen molar-refractivity contribution in [1.29, 1.82) is 0 Å². The van der Waals surface area contributed by atoms with E-state index in [9.17, 15) is 4.79 Å². The van der Waals surface area contributed by atoms with Crippen LogP contribution in [0.2, 0.25) is 0 Å². The number of aryl methyl sites for hydroxylation is 2. The number of hydrogen-bond donors (Lipinski definition) is 2. The number of hydrogen-bond acceptors (Lipinski definition) is 2. The second kappa shape index (κ2) is 8.39. The Morgan fingerprint density at radius 3 is 2.46 bits per heavy atom. The SMILES string of the molecule is Cc1ccc(C)c(NC(=O)NCCOc2ccc(C(C)C)cc2)c1. The highest BCUT2D eigenvalue weighted by Crippen LogP contribution is 2.18. The highest BCUT2D eigenvalue weighted by atomic mass is 16.5. The van der Waals surface area contributed by atoms with E-state index < -0.39 is 0 Å². The average Bonchev–Trinajstić information content (AvgIpc) is 2.55. The molecule has 0 bridgehead atoms. The smallest absolute Gasteiger partial charge is 0.319 e. The summed E-state index contributed by atoms with van der Waals surface area (Å²) in [5, 5.41) is 5.67. The summed E-state index contributed by atoms with van der Waals surface area (Å²) in [5.74, 6) is 1.32. The number of urea groups is 1. The van der Waals surface area contributed by atoms with Crippen LogP contribution in [-0.4, -0.2) is 19.2 Å². The standard InChI is InChI=1S/C20H26N2O2/c1-14(2)17-7-9-18(10-8-17)24-12-11-21-20(23)22-19-13-15(3)5-6-16(19)4/h5-10,13-14H,11-12H2,1-4H3,(H2,21,22,23). The van der Waals surface area contributed by atoms with Crippen molar-refractivity contribution >= 4 is 11.7 Å². The summed E-state index contributed by atoms with van der Waals surface area (Å²) in [6, 6.07) is 13.8. The van der Waals surface area contributed by atoms with Gasteiger partial charge in [0, 0.05) is 5.69 Å². The maximum atomic E-state index is 11.9. The van der Waals surface area contributed by atoms with Crippen molar-refractivity contribution in [3.63, 3.8) is 0 Å². The molecule has 0 radical (unpaired) electrons. The molecule has 24 heavy (non-hydrogen) atoms. The van der Waals surface area contributed by atoms with E-state index in [4.69, 9.17) is 4.74 Å². The molecule has 0 heterocycles. The minimum atomic E-state index is -0.220. The third kappa shape index (κ3) is 5.30. The van der Waals surface area contributed by atoms with Gasteiger partial charge in [0.15, 0.2) is 0 Å².